The van der Waals surface area contributed by atoms with Gasteiger partial charge in [0.05, 0.1) is 30.7 Å². The molecule has 1 atom stereocenters. The number of rotatable bonds is 8. The van der Waals surface area contributed by atoms with Crippen molar-refractivity contribution in [2.45, 2.75) is 33.0 Å². The smallest absolute Gasteiger partial charge is 0.146 e. The molecule has 0 radical (unpaired) electrons. The van der Waals surface area contributed by atoms with Crippen LogP contribution >= 0.6 is 0 Å². The lowest BCUT2D eigenvalue weighted by atomic mass is 10.1. The number of benzene rings is 1. The van der Waals surface area contributed by atoms with E-state index in [0.717, 1.165) is 11.1 Å². The topological polar surface area (TPSA) is 63.0 Å². The number of hydrogen-bond acceptors (Lipinski definition) is 4. The Hall–Kier alpha value is -2.57. The number of aliphatic hydroxyl groups is 1. The minimum atomic E-state index is -0.358. The maximum Gasteiger partial charge on any atom is 0.146 e. The Morgan fingerprint density at radius 2 is 1.93 bits per heavy atom. The molecular formula is C21H25FN4O. The van der Waals surface area contributed by atoms with Gasteiger partial charge in [0.15, 0.2) is 0 Å². The fraction of sp³-hybridized carbons (Fsp3) is 0.333. The van der Waals surface area contributed by atoms with Gasteiger partial charge in [0.1, 0.15) is 5.82 Å². The fourth-order valence-corrected chi connectivity index (χ4v) is 2.86. The molecule has 0 saturated heterocycles. The van der Waals surface area contributed by atoms with Crippen LogP contribution in [0.25, 0.3) is 11.3 Å². The molecule has 27 heavy (non-hydrogen) atoms. The zero-order valence-electron chi connectivity index (χ0n) is 15.6. The highest BCUT2D eigenvalue weighted by Crippen LogP contribution is 2.19. The summed E-state index contributed by atoms with van der Waals surface area (Å²) in [6, 6.07) is 13.1. The lowest BCUT2D eigenvalue weighted by Gasteiger charge is -2.19. The third-order valence-electron chi connectivity index (χ3n) is 4.57. The molecule has 2 aromatic heterocycles. The average molecular weight is 368 g/mol. The number of halogens is 1. The number of aliphatic hydroxyl groups excluding tert-OH is 1. The van der Waals surface area contributed by atoms with Crippen LogP contribution in [0.4, 0.5) is 4.39 Å². The van der Waals surface area contributed by atoms with Crippen molar-refractivity contribution in [1.29, 1.82) is 0 Å². The van der Waals surface area contributed by atoms with Crippen LogP contribution < -0.4 is 5.32 Å². The Labute approximate surface area is 158 Å². The van der Waals surface area contributed by atoms with Crippen LogP contribution in [0.5, 0.6) is 0 Å². The minimum absolute atomic E-state index is 0.00519. The lowest BCUT2D eigenvalue weighted by Crippen LogP contribution is -2.36. The molecule has 0 bridgehead atoms. The zero-order valence-corrected chi connectivity index (χ0v) is 15.6. The van der Waals surface area contributed by atoms with Crippen molar-refractivity contribution in [2.75, 3.05) is 6.61 Å². The third-order valence-corrected chi connectivity index (χ3v) is 4.57. The van der Waals surface area contributed by atoms with E-state index in [1.807, 2.05) is 55.1 Å². The first-order chi connectivity index (χ1) is 13.1. The number of nitrogens with zero attached hydrogens (tertiary/aromatic N) is 3. The van der Waals surface area contributed by atoms with Crippen molar-refractivity contribution in [3.05, 3.63) is 71.9 Å². The fourth-order valence-electron chi connectivity index (χ4n) is 2.86. The van der Waals surface area contributed by atoms with Crippen molar-refractivity contribution in [3.63, 3.8) is 0 Å². The van der Waals surface area contributed by atoms with Crippen LogP contribution in [-0.4, -0.2) is 32.5 Å². The zero-order chi connectivity index (χ0) is 19.2. The van der Waals surface area contributed by atoms with Gasteiger partial charge in [-0.05, 0) is 23.6 Å². The van der Waals surface area contributed by atoms with Gasteiger partial charge in [-0.1, -0.05) is 44.2 Å². The lowest BCUT2D eigenvalue weighted by molar-refractivity contribution is 0.209. The molecule has 0 unspecified atom stereocenters. The van der Waals surface area contributed by atoms with Crippen LogP contribution in [0.1, 0.15) is 25.1 Å². The highest BCUT2D eigenvalue weighted by Gasteiger charge is 2.14. The maximum absolute atomic E-state index is 14.1. The molecule has 1 aromatic carbocycles. The molecule has 0 fully saturated rings. The van der Waals surface area contributed by atoms with E-state index in [0.29, 0.717) is 17.9 Å². The minimum Gasteiger partial charge on any atom is -0.395 e. The molecular weight excluding hydrogens is 343 g/mol. The molecule has 142 valence electrons. The summed E-state index contributed by atoms with van der Waals surface area (Å²) in [6.07, 6.45) is 3.65. The molecule has 0 spiro atoms. The van der Waals surface area contributed by atoms with Crippen molar-refractivity contribution in [3.8, 4) is 11.3 Å². The van der Waals surface area contributed by atoms with Crippen molar-refractivity contribution in [2.24, 2.45) is 5.92 Å². The van der Waals surface area contributed by atoms with Gasteiger partial charge in [0, 0.05) is 24.3 Å². The van der Waals surface area contributed by atoms with Gasteiger partial charge in [0.2, 0.25) is 0 Å². The SMILES string of the molecule is CC(C)[C@H](CO)NCc1nc(-c2cnn(Cc3ccccc3)c2)ccc1F. The summed E-state index contributed by atoms with van der Waals surface area (Å²) in [4.78, 5) is 4.46. The Kier molecular flexibility index (Phi) is 6.32. The van der Waals surface area contributed by atoms with Gasteiger partial charge in [-0.15, -0.1) is 0 Å². The van der Waals surface area contributed by atoms with E-state index < -0.39 is 0 Å². The summed E-state index contributed by atoms with van der Waals surface area (Å²) in [6.45, 7) is 4.96. The van der Waals surface area contributed by atoms with Gasteiger partial charge in [-0.2, -0.15) is 5.10 Å². The van der Waals surface area contributed by atoms with Crippen LogP contribution in [0.15, 0.2) is 54.9 Å². The monoisotopic (exact) mass is 368 g/mol. The molecule has 0 aliphatic carbocycles. The van der Waals surface area contributed by atoms with Gasteiger partial charge in [-0.3, -0.25) is 4.68 Å². The quantitative estimate of drug-likeness (QED) is 0.641. The summed E-state index contributed by atoms with van der Waals surface area (Å²) in [5.74, 6) is -0.110. The van der Waals surface area contributed by atoms with E-state index in [9.17, 15) is 9.50 Å². The van der Waals surface area contributed by atoms with E-state index >= 15 is 0 Å². The van der Waals surface area contributed by atoms with E-state index in [-0.39, 0.29) is 30.9 Å². The molecule has 5 nitrogen and oxygen atoms in total. The molecule has 2 N–H and O–H groups in total. The molecule has 0 aliphatic rings. The average Bonchev–Trinajstić information content (AvgIpc) is 3.12. The van der Waals surface area contributed by atoms with Crippen LogP contribution in [0.3, 0.4) is 0 Å². The Balaban J connectivity index is 1.74. The van der Waals surface area contributed by atoms with Gasteiger partial charge in [-0.25, -0.2) is 9.37 Å². The number of aromatic nitrogens is 3. The highest BCUT2D eigenvalue weighted by atomic mass is 19.1. The molecule has 3 rings (SSSR count). The second-order valence-corrected chi connectivity index (χ2v) is 6.95. The predicted molar refractivity (Wildman–Crippen MR) is 104 cm³/mol. The Bertz CT molecular complexity index is 864. The number of nitrogens with one attached hydrogen (secondary N) is 1. The molecule has 0 saturated carbocycles. The second kappa shape index (κ2) is 8.88. The van der Waals surface area contributed by atoms with E-state index in [4.69, 9.17) is 0 Å². The predicted octanol–water partition coefficient (Wildman–Crippen LogP) is 3.24. The van der Waals surface area contributed by atoms with Gasteiger partial charge in [0.25, 0.3) is 0 Å². The highest BCUT2D eigenvalue weighted by molar-refractivity contribution is 5.57. The number of pyridine rings is 1. The van der Waals surface area contributed by atoms with E-state index in [2.05, 4.69) is 15.4 Å². The Morgan fingerprint density at radius 3 is 2.63 bits per heavy atom. The molecule has 6 heteroatoms. The molecule has 3 aromatic rings. The van der Waals surface area contributed by atoms with Crippen molar-refractivity contribution >= 4 is 0 Å². The van der Waals surface area contributed by atoms with E-state index in [1.54, 1.807) is 12.3 Å². The first-order valence-electron chi connectivity index (χ1n) is 9.13. The van der Waals surface area contributed by atoms with Crippen molar-refractivity contribution < 1.29 is 9.50 Å². The van der Waals surface area contributed by atoms with Crippen LogP contribution in [0.2, 0.25) is 0 Å². The summed E-state index contributed by atoms with van der Waals surface area (Å²) in [5, 5.41) is 17.0. The normalized spacial score (nSPS) is 12.5. The van der Waals surface area contributed by atoms with Crippen LogP contribution in [-0.2, 0) is 13.1 Å². The molecule has 2 heterocycles. The largest absolute Gasteiger partial charge is 0.395 e. The summed E-state index contributed by atoms with van der Waals surface area (Å²) in [5.41, 5.74) is 3.02. The molecule has 0 aliphatic heterocycles. The second-order valence-electron chi connectivity index (χ2n) is 6.95. The van der Waals surface area contributed by atoms with Gasteiger partial charge >= 0.3 is 0 Å². The first-order valence-corrected chi connectivity index (χ1v) is 9.13. The first kappa shape index (κ1) is 19.2. The van der Waals surface area contributed by atoms with Gasteiger partial charge < -0.3 is 10.4 Å². The molecule has 0 amide bonds. The standard InChI is InChI=1S/C21H25FN4O/c1-15(2)21(14-27)23-11-20-18(22)8-9-19(25-20)17-10-24-26(13-17)12-16-6-4-3-5-7-16/h3-10,13,15,21,23,27H,11-12,14H2,1-2H3/t21-/m0/s1. The third kappa shape index (κ3) is 4.99. The van der Waals surface area contributed by atoms with E-state index in [1.165, 1.54) is 6.07 Å². The Morgan fingerprint density at radius 1 is 1.15 bits per heavy atom. The summed E-state index contributed by atoms with van der Waals surface area (Å²) < 4.78 is 16.0. The number of hydrogen-bond donors (Lipinski definition) is 2. The maximum atomic E-state index is 14.1. The summed E-state index contributed by atoms with van der Waals surface area (Å²) in [7, 11) is 0. The van der Waals surface area contributed by atoms with Crippen molar-refractivity contribution in [1.82, 2.24) is 20.1 Å². The summed E-state index contributed by atoms with van der Waals surface area (Å²) >= 11 is 0. The van der Waals surface area contributed by atoms with Crippen LogP contribution in [0, 0.1) is 11.7 Å².